The summed E-state index contributed by atoms with van der Waals surface area (Å²) < 4.78 is 0. The standard InChI is InChI=1S/C19H22N2O2S/c1-14-6-2-3-7-15(14)12-20-16-8-4-5-9-17(16)21-18(22)19(23)10-11-24-13-19/h2-9,20,23H,10-13H2,1H3,(H,21,22)/t19-/m0/s1. The monoisotopic (exact) mass is 342 g/mol. The van der Waals surface area contributed by atoms with E-state index < -0.39 is 5.60 Å². The summed E-state index contributed by atoms with van der Waals surface area (Å²) >= 11 is 1.61. The van der Waals surface area contributed by atoms with Gasteiger partial charge in [-0.25, -0.2) is 0 Å². The molecule has 0 saturated carbocycles. The molecule has 1 aliphatic heterocycles. The fraction of sp³-hybridized carbons (Fsp3) is 0.316. The first-order valence-corrected chi connectivity index (χ1v) is 9.23. The van der Waals surface area contributed by atoms with Crippen molar-refractivity contribution in [3.63, 3.8) is 0 Å². The van der Waals surface area contributed by atoms with E-state index in [1.165, 1.54) is 11.1 Å². The summed E-state index contributed by atoms with van der Waals surface area (Å²) in [6.07, 6.45) is 0.502. The van der Waals surface area contributed by atoms with E-state index in [0.717, 1.165) is 11.4 Å². The maximum Gasteiger partial charge on any atom is 0.257 e. The van der Waals surface area contributed by atoms with Gasteiger partial charge in [0.2, 0.25) is 0 Å². The van der Waals surface area contributed by atoms with Crippen molar-refractivity contribution in [3.8, 4) is 0 Å². The molecule has 0 radical (unpaired) electrons. The summed E-state index contributed by atoms with van der Waals surface area (Å²) in [5.74, 6) is 0.951. The predicted molar refractivity (Wildman–Crippen MR) is 100 cm³/mol. The zero-order valence-corrected chi connectivity index (χ0v) is 14.5. The third kappa shape index (κ3) is 3.74. The first-order chi connectivity index (χ1) is 11.6. The lowest BCUT2D eigenvalue weighted by Crippen LogP contribution is -2.43. The number of rotatable bonds is 5. The number of hydrogen-bond acceptors (Lipinski definition) is 4. The van der Waals surface area contributed by atoms with Gasteiger partial charge in [0.05, 0.1) is 11.4 Å². The molecular weight excluding hydrogens is 320 g/mol. The molecule has 1 saturated heterocycles. The second kappa shape index (κ2) is 7.28. The van der Waals surface area contributed by atoms with Crippen LogP contribution in [0.5, 0.6) is 0 Å². The first kappa shape index (κ1) is 16.9. The van der Waals surface area contributed by atoms with Gasteiger partial charge in [-0.3, -0.25) is 4.79 Å². The molecule has 0 unspecified atom stereocenters. The van der Waals surface area contributed by atoms with Crippen molar-refractivity contribution < 1.29 is 9.90 Å². The number of amides is 1. The highest BCUT2D eigenvalue weighted by Gasteiger charge is 2.39. The Labute approximate surface area is 146 Å². The van der Waals surface area contributed by atoms with Gasteiger partial charge in [-0.05, 0) is 42.4 Å². The Bertz CT molecular complexity index is 727. The minimum absolute atomic E-state index is 0.322. The third-order valence-corrected chi connectivity index (χ3v) is 5.50. The van der Waals surface area contributed by atoms with Crippen LogP contribution >= 0.6 is 11.8 Å². The number of hydrogen-bond donors (Lipinski definition) is 3. The lowest BCUT2D eigenvalue weighted by Gasteiger charge is -2.21. The van der Waals surface area contributed by atoms with Gasteiger partial charge in [-0.1, -0.05) is 36.4 Å². The van der Waals surface area contributed by atoms with Crippen molar-refractivity contribution in [1.29, 1.82) is 0 Å². The highest BCUT2D eigenvalue weighted by molar-refractivity contribution is 7.99. The van der Waals surface area contributed by atoms with Crippen LogP contribution in [0.1, 0.15) is 17.5 Å². The second-order valence-electron chi connectivity index (χ2n) is 6.11. The molecule has 1 atom stereocenters. The number of nitrogens with one attached hydrogen (secondary N) is 2. The summed E-state index contributed by atoms with van der Waals surface area (Å²) in [7, 11) is 0. The molecule has 126 valence electrons. The summed E-state index contributed by atoms with van der Waals surface area (Å²) in [5, 5.41) is 16.7. The van der Waals surface area contributed by atoms with Crippen LogP contribution in [0.4, 0.5) is 11.4 Å². The molecule has 3 N–H and O–H groups in total. The van der Waals surface area contributed by atoms with Crippen molar-refractivity contribution in [1.82, 2.24) is 0 Å². The number of aryl methyl sites for hydroxylation is 1. The Morgan fingerprint density at radius 3 is 2.58 bits per heavy atom. The molecule has 0 aliphatic carbocycles. The molecule has 2 aromatic rings. The van der Waals surface area contributed by atoms with Crippen LogP contribution in [-0.4, -0.2) is 28.1 Å². The van der Waals surface area contributed by atoms with E-state index >= 15 is 0 Å². The van der Waals surface area contributed by atoms with E-state index in [9.17, 15) is 9.90 Å². The SMILES string of the molecule is Cc1ccccc1CNc1ccccc1NC(=O)[C@]1(O)CCSC1. The summed E-state index contributed by atoms with van der Waals surface area (Å²) in [4.78, 5) is 12.4. The average molecular weight is 342 g/mol. The molecule has 2 aromatic carbocycles. The van der Waals surface area contributed by atoms with Gasteiger partial charge < -0.3 is 15.7 Å². The lowest BCUT2D eigenvalue weighted by molar-refractivity contribution is -0.131. The van der Waals surface area contributed by atoms with Gasteiger partial charge in [-0.15, -0.1) is 0 Å². The molecule has 3 rings (SSSR count). The van der Waals surface area contributed by atoms with Gasteiger partial charge in [0.25, 0.3) is 5.91 Å². The fourth-order valence-corrected chi connectivity index (χ4v) is 3.96. The van der Waals surface area contributed by atoms with E-state index in [1.807, 2.05) is 36.4 Å². The molecule has 1 heterocycles. The normalized spacial score (nSPS) is 19.9. The van der Waals surface area contributed by atoms with Crippen LogP contribution in [0.3, 0.4) is 0 Å². The predicted octanol–water partition coefficient (Wildman–Crippen LogP) is 3.41. The minimum Gasteiger partial charge on any atom is -0.379 e. The summed E-state index contributed by atoms with van der Waals surface area (Å²) in [6, 6.07) is 15.8. The molecule has 1 fully saturated rings. The molecule has 1 amide bonds. The molecule has 1 aliphatic rings. The zero-order chi connectivity index (χ0) is 17.0. The number of carbonyl (C=O) groups is 1. The number of aliphatic hydroxyl groups is 1. The number of thioether (sulfide) groups is 1. The summed E-state index contributed by atoms with van der Waals surface area (Å²) in [5.41, 5.74) is 2.73. The molecule has 24 heavy (non-hydrogen) atoms. The van der Waals surface area contributed by atoms with E-state index in [4.69, 9.17) is 0 Å². The average Bonchev–Trinajstić information content (AvgIpc) is 3.03. The Hall–Kier alpha value is -1.98. The molecule has 0 spiro atoms. The first-order valence-electron chi connectivity index (χ1n) is 8.07. The Morgan fingerprint density at radius 2 is 1.88 bits per heavy atom. The maximum absolute atomic E-state index is 12.4. The molecule has 0 aromatic heterocycles. The lowest BCUT2D eigenvalue weighted by atomic mass is 10.0. The van der Waals surface area contributed by atoms with Gasteiger partial charge in [0, 0.05) is 12.3 Å². The topological polar surface area (TPSA) is 61.4 Å². The van der Waals surface area contributed by atoms with Gasteiger partial charge in [-0.2, -0.15) is 11.8 Å². The molecular formula is C19H22N2O2S. The molecule has 4 nitrogen and oxygen atoms in total. The van der Waals surface area contributed by atoms with Gasteiger partial charge in [0.15, 0.2) is 5.60 Å². The van der Waals surface area contributed by atoms with Gasteiger partial charge >= 0.3 is 0 Å². The van der Waals surface area contributed by atoms with E-state index in [1.54, 1.807) is 11.8 Å². The Balaban J connectivity index is 1.71. The zero-order valence-electron chi connectivity index (χ0n) is 13.7. The van der Waals surface area contributed by atoms with Crippen LogP contribution in [0.15, 0.2) is 48.5 Å². The van der Waals surface area contributed by atoms with Crippen LogP contribution in [0.2, 0.25) is 0 Å². The van der Waals surface area contributed by atoms with Crippen LogP contribution < -0.4 is 10.6 Å². The number of anilines is 2. The van der Waals surface area contributed by atoms with Crippen molar-refractivity contribution in [3.05, 3.63) is 59.7 Å². The fourth-order valence-electron chi connectivity index (χ4n) is 2.72. The van der Waals surface area contributed by atoms with Crippen molar-refractivity contribution in [2.45, 2.75) is 25.5 Å². The maximum atomic E-state index is 12.4. The van der Waals surface area contributed by atoms with Gasteiger partial charge in [0.1, 0.15) is 0 Å². The van der Waals surface area contributed by atoms with E-state index in [2.05, 4.69) is 29.7 Å². The Morgan fingerprint density at radius 1 is 1.17 bits per heavy atom. The van der Waals surface area contributed by atoms with Crippen molar-refractivity contribution >= 4 is 29.0 Å². The van der Waals surface area contributed by atoms with Crippen LogP contribution in [-0.2, 0) is 11.3 Å². The minimum atomic E-state index is -1.26. The third-order valence-electron chi connectivity index (χ3n) is 4.33. The van der Waals surface area contributed by atoms with E-state index in [-0.39, 0.29) is 5.91 Å². The van der Waals surface area contributed by atoms with Crippen molar-refractivity contribution in [2.75, 3.05) is 22.1 Å². The van der Waals surface area contributed by atoms with Crippen molar-refractivity contribution in [2.24, 2.45) is 0 Å². The smallest absolute Gasteiger partial charge is 0.257 e. The quantitative estimate of drug-likeness (QED) is 0.779. The van der Waals surface area contributed by atoms with Crippen LogP contribution in [0.25, 0.3) is 0 Å². The van der Waals surface area contributed by atoms with Crippen LogP contribution in [0, 0.1) is 6.92 Å². The number of benzene rings is 2. The highest BCUT2D eigenvalue weighted by atomic mass is 32.2. The highest BCUT2D eigenvalue weighted by Crippen LogP contribution is 2.30. The largest absolute Gasteiger partial charge is 0.379 e. The second-order valence-corrected chi connectivity index (χ2v) is 7.22. The number of para-hydroxylation sites is 2. The summed E-state index contributed by atoms with van der Waals surface area (Å²) in [6.45, 7) is 2.76. The van der Waals surface area contributed by atoms with E-state index in [0.29, 0.717) is 24.4 Å². The Kier molecular flexibility index (Phi) is 5.11. The molecule has 0 bridgehead atoms. The molecule has 5 heteroatoms. The number of carbonyl (C=O) groups excluding carboxylic acids is 1.